The van der Waals surface area contributed by atoms with Crippen molar-refractivity contribution in [2.75, 3.05) is 33.5 Å². The maximum Gasteiger partial charge on any atom is 0.514 e. The van der Waals surface area contributed by atoms with Crippen LogP contribution in [0, 0.1) is 32.8 Å². The van der Waals surface area contributed by atoms with Crippen molar-refractivity contribution in [1.29, 1.82) is 0 Å². The first-order valence-corrected chi connectivity index (χ1v) is 15.7. The van der Waals surface area contributed by atoms with Gasteiger partial charge < -0.3 is 33.6 Å². The Morgan fingerprint density at radius 3 is 2.57 bits per heavy atom. The van der Waals surface area contributed by atoms with Gasteiger partial charge in [-0.25, -0.2) is 18.4 Å². The monoisotopic (exact) mass is 693 g/mol. The topological polar surface area (TPSA) is 187 Å². The van der Waals surface area contributed by atoms with Gasteiger partial charge in [0.15, 0.2) is 35.3 Å². The largest absolute Gasteiger partial charge is 0.514 e. The highest BCUT2D eigenvalue weighted by Gasteiger charge is 2.73. The molecule has 6 unspecified atom stereocenters. The van der Waals surface area contributed by atoms with E-state index >= 15 is 8.78 Å². The summed E-state index contributed by atoms with van der Waals surface area (Å²) in [5, 5.41) is 20.6. The fourth-order valence-corrected chi connectivity index (χ4v) is 7.85. The van der Waals surface area contributed by atoms with E-state index in [-0.39, 0.29) is 55.3 Å². The minimum atomic E-state index is -2.33. The Labute approximate surface area is 279 Å². The van der Waals surface area contributed by atoms with E-state index in [1.54, 1.807) is 6.92 Å². The molecule has 0 aromatic heterocycles. The van der Waals surface area contributed by atoms with Gasteiger partial charge in [0.1, 0.15) is 12.3 Å². The van der Waals surface area contributed by atoms with Gasteiger partial charge in [0.25, 0.3) is 5.09 Å². The number of alkyl halides is 2. The Bertz CT molecular complexity index is 1580. The molecule has 3 fully saturated rings. The van der Waals surface area contributed by atoms with E-state index in [1.165, 1.54) is 44.4 Å². The van der Waals surface area contributed by atoms with Crippen molar-refractivity contribution in [2.45, 2.75) is 63.6 Å². The van der Waals surface area contributed by atoms with Crippen molar-refractivity contribution < 1.29 is 66.7 Å². The molecule has 0 spiro atoms. The molecule has 5 rings (SSSR count). The van der Waals surface area contributed by atoms with Gasteiger partial charge in [-0.15, -0.1) is 10.1 Å². The van der Waals surface area contributed by atoms with Gasteiger partial charge in [-0.05, 0) is 74.4 Å². The Morgan fingerprint density at radius 2 is 1.86 bits per heavy atom. The summed E-state index contributed by atoms with van der Waals surface area (Å²) in [4.78, 5) is 64.6. The molecule has 0 radical (unpaired) electrons. The third-order valence-corrected chi connectivity index (χ3v) is 10.3. The highest BCUT2D eigenvalue weighted by Crippen LogP contribution is 2.67. The van der Waals surface area contributed by atoms with Gasteiger partial charge in [0.2, 0.25) is 0 Å². The third kappa shape index (κ3) is 6.50. The van der Waals surface area contributed by atoms with Crippen LogP contribution in [0.1, 0.15) is 49.9 Å². The number of carbonyl (C=O) groups excluding carboxylic acids is 4. The quantitative estimate of drug-likeness (QED) is 0.109. The molecule has 14 nitrogen and oxygen atoms in total. The number of hydrogen-bond donors (Lipinski definition) is 1. The number of esters is 1. The molecule has 1 saturated heterocycles. The number of aliphatic hydroxyl groups excluding tert-OH is 1. The molecule has 2 saturated carbocycles. The standard InChI is InChI=1S/C33H37F2NO13/c1-31-15-27(39)33(35)20(14-23(34)21-13-19(37)8-9-32(21,33)2)22(31)16-46-28(31)24(38)17-47-30(41)49-25-7-6-18(12-26(25)44-3)29(40)45-10-4-5-11-48-36(42)43/h6-9,12-13,20,22-23,27-28,39H,4-5,10-11,14-17H2,1-3H3/t20?,22?,23-,27?,28?,31?,32?,33-/m0/s1. The zero-order valence-electron chi connectivity index (χ0n) is 27.1. The van der Waals surface area contributed by atoms with E-state index < -0.39 is 82.1 Å². The van der Waals surface area contributed by atoms with Gasteiger partial charge in [0, 0.05) is 16.7 Å². The SMILES string of the molecule is COc1cc(C(=O)OCCCCO[N+](=O)[O-])ccc1OC(=O)OCC(=O)C1OCC2C3C[C@H](F)C4=CC(=O)C=CC4(C)[C@@]3(F)C(O)CC12C. The average molecular weight is 694 g/mol. The molecule has 1 N–H and O–H groups in total. The highest BCUT2D eigenvalue weighted by atomic mass is 19.1. The lowest BCUT2D eigenvalue weighted by Gasteiger charge is -2.61. The Balaban J connectivity index is 1.18. The van der Waals surface area contributed by atoms with Crippen LogP contribution in [-0.4, -0.2) is 91.5 Å². The molecule has 16 heteroatoms. The zero-order valence-corrected chi connectivity index (χ0v) is 27.1. The van der Waals surface area contributed by atoms with Crippen LogP contribution in [0.5, 0.6) is 11.5 Å². The molecule has 3 aliphatic carbocycles. The van der Waals surface area contributed by atoms with Crippen molar-refractivity contribution in [3.8, 4) is 11.5 Å². The molecule has 1 aliphatic heterocycles. The van der Waals surface area contributed by atoms with Crippen LogP contribution in [-0.2, 0) is 28.6 Å². The molecule has 1 aromatic rings. The first-order chi connectivity index (χ1) is 23.1. The maximum atomic E-state index is 17.2. The number of unbranched alkanes of at least 4 members (excludes halogenated alkanes) is 1. The molecule has 8 atom stereocenters. The van der Waals surface area contributed by atoms with Crippen LogP contribution in [0.15, 0.2) is 42.0 Å². The number of ketones is 2. The molecule has 0 amide bonds. The van der Waals surface area contributed by atoms with Crippen molar-refractivity contribution in [2.24, 2.45) is 22.7 Å². The lowest BCUT2D eigenvalue weighted by atomic mass is 9.45. The van der Waals surface area contributed by atoms with Crippen LogP contribution in [0.25, 0.3) is 0 Å². The Morgan fingerprint density at radius 1 is 1.12 bits per heavy atom. The molecule has 4 aliphatic rings. The van der Waals surface area contributed by atoms with Crippen molar-refractivity contribution in [1.82, 2.24) is 0 Å². The lowest BCUT2D eigenvalue weighted by Crippen LogP contribution is -2.69. The predicted octanol–water partition coefficient (Wildman–Crippen LogP) is 3.85. The van der Waals surface area contributed by atoms with Crippen LogP contribution >= 0.6 is 0 Å². The summed E-state index contributed by atoms with van der Waals surface area (Å²) in [5.74, 6) is -3.71. The molecule has 1 heterocycles. The number of carbonyl (C=O) groups is 4. The summed E-state index contributed by atoms with van der Waals surface area (Å²) in [6.45, 7) is 2.11. The Kier molecular flexibility index (Phi) is 10.1. The highest BCUT2D eigenvalue weighted by molar-refractivity contribution is 6.01. The van der Waals surface area contributed by atoms with Crippen LogP contribution < -0.4 is 9.47 Å². The molecular formula is C33H37F2NO13. The van der Waals surface area contributed by atoms with Crippen molar-refractivity contribution in [3.05, 3.63) is 57.7 Å². The first-order valence-electron chi connectivity index (χ1n) is 15.7. The summed E-state index contributed by atoms with van der Waals surface area (Å²) in [5.41, 5.74) is -4.97. The molecule has 1 aromatic carbocycles. The second-order valence-electron chi connectivity index (χ2n) is 13.0. The van der Waals surface area contributed by atoms with Crippen LogP contribution in [0.4, 0.5) is 13.6 Å². The number of hydrogen-bond acceptors (Lipinski definition) is 13. The van der Waals surface area contributed by atoms with Gasteiger partial charge in [-0.1, -0.05) is 13.0 Å². The van der Waals surface area contributed by atoms with Gasteiger partial charge in [-0.2, -0.15) is 0 Å². The van der Waals surface area contributed by atoms with E-state index in [0.29, 0.717) is 12.8 Å². The fourth-order valence-electron chi connectivity index (χ4n) is 7.85. The smallest absolute Gasteiger partial charge is 0.493 e. The van der Waals surface area contributed by atoms with Crippen LogP contribution in [0.3, 0.4) is 0 Å². The number of fused-ring (bicyclic) bond motifs is 5. The number of allylic oxidation sites excluding steroid dienone is 4. The number of methoxy groups -OCH3 is 1. The van der Waals surface area contributed by atoms with E-state index in [0.717, 1.165) is 6.08 Å². The number of aliphatic hydroxyl groups is 1. The summed E-state index contributed by atoms with van der Waals surface area (Å²) in [6, 6.07) is 3.81. The lowest BCUT2D eigenvalue weighted by molar-refractivity contribution is -0.757. The minimum absolute atomic E-state index is 0.0126. The summed E-state index contributed by atoms with van der Waals surface area (Å²) in [7, 11) is 1.26. The number of rotatable bonds is 12. The number of benzene rings is 1. The maximum absolute atomic E-state index is 17.2. The number of nitrogens with zero attached hydrogens (tertiary/aromatic N) is 1. The molecular weight excluding hydrogens is 656 g/mol. The van der Waals surface area contributed by atoms with Crippen molar-refractivity contribution in [3.63, 3.8) is 0 Å². The zero-order chi connectivity index (χ0) is 35.7. The summed E-state index contributed by atoms with van der Waals surface area (Å²) < 4.78 is 59.1. The average Bonchev–Trinajstić information content (AvgIpc) is 3.40. The third-order valence-electron chi connectivity index (χ3n) is 10.3. The van der Waals surface area contributed by atoms with Gasteiger partial charge in [-0.3, -0.25) is 9.59 Å². The van der Waals surface area contributed by atoms with E-state index in [1.807, 2.05) is 0 Å². The number of Topliss-reactive ketones (excluding diaryl/α,β-unsaturated/α-hetero) is 1. The van der Waals surface area contributed by atoms with Crippen molar-refractivity contribution >= 4 is 23.7 Å². The second kappa shape index (κ2) is 13.8. The van der Waals surface area contributed by atoms with E-state index in [2.05, 4.69) is 4.84 Å². The minimum Gasteiger partial charge on any atom is -0.493 e. The number of halogens is 2. The van der Waals surface area contributed by atoms with E-state index in [9.17, 15) is 34.4 Å². The summed E-state index contributed by atoms with van der Waals surface area (Å²) in [6.07, 6.45) is -2.02. The Hall–Kier alpha value is -4.44. The summed E-state index contributed by atoms with van der Waals surface area (Å²) >= 11 is 0. The first kappa shape index (κ1) is 35.9. The molecule has 49 heavy (non-hydrogen) atoms. The fraction of sp³-hybridized carbons (Fsp3) is 0.576. The van der Waals surface area contributed by atoms with Gasteiger partial charge >= 0.3 is 12.1 Å². The van der Waals surface area contributed by atoms with Gasteiger partial charge in [0.05, 0.1) is 38.6 Å². The second-order valence-corrected chi connectivity index (χ2v) is 13.0. The van der Waals surface area contributed by atoms with Crippen LogP contribution in [0.2, 0.25) is 0 Å². The van der Waals surface area contributed by atoms with E-state index in [4.69, 9.17) is 23.7 Å². The normalized spacial score (nSPS) is 32.9. The molecule has 0 bridgehead atoms. The number of ether oxygens (including phenoxy) is 5. The molecule has 266 valence electrons. The predicted molar refractivity (Wildman–Crippen MR) is 162 cm³/mol.